The number of benzene rings is 1. The van der Waals surface area contributed by atoms with Crippen LogP contribution in [0.4, 0.5) is 5.95 Å². The van der Waals surface area contributed by atoms with Gasteiger partial charge in [-0.25, -0.2) is 15.0 Å². The smallest absolute Gasteiger partial charge is 0.258 e. The van der Waals surface area contributed by atoms with Gasteiger partial charge in [0.2, 0.25) is 5.95 Å². The molecule has 6 nitrogen and oxygen atoms in total. The second-order valence-corrected chi connectivity index (χ2v) is 6.95. The maximum atomic E-state index is 11.9. The second kappa shape index (κ2) is 5.37. The number of nitrogens with zero attached hydrogens (tertiary/aromatic N) is 4. The summed E-state index contributed by atoms with van der Waals surface area (Å²) in [5.74, 6) is 0.841. The van der Waals surface area contributed by atoms with E-state index in [1.807, 2.05) is 18.2 Å². The van der Waals surface area contributed by atoms with Crippen molar-refractivity contribution in [2.24, 2.45) is 0 Å². The van der Waals surface area contributed by atoms with Crippen molar-refractivity contribution in [2.75, 3.05) is 11.4 Å². The van der Waals surface area contributed by atoms with Crippen LogP contribution in [-0.4, -0.2) is 32.5 Å². The van der Waals surface area contributed by atoms with Crippen molar-refractivity contribution < 1.29 is 0 Å². The highest BCUT2D eigenvalue weighted by Crippen LogP contribution is 2.34. The highest BCUT2D eigenvalue weighted by Gasteiger charge is 2.29. The predicted molar refractivity (Wildman–Crippen MR) is 96.8 cm³/mol. The van der Waals surface area contributed by atoms with Crippen LogP contribution in [0, 0.1) is 0 Å². The summed E-state index contributed by atoms with van der Waals surface area (Å²) < 4.78 is 0. The summed E-state index contributed by atoms with van der Waals surface area (Å²) in [5, 5.41) is 0.605. The molecule has 1 N–H and O–H groups in total. The molecule has 2 aliphatic rings. The van der Waals surface area contributed by atoms with E-state index < -0.39 is 0 Å². The van der Waals surface area contributed by atoms with E-state index >= 15 is 0 Å². The molecule has 5 rings (SSSR count). The predicted octanol–water partition coefficient (Wildman–Crippen LogP) is 2.47. The Morgan fingerprint density at radius 3 is 2.96 bits per heavy atom. The molecule has 0 bridgehead atoms. The first-order valence-electron chi connectivity index (χ1n) is 8.85. The van der Waals surface area contributed by atoms with Crippen molar-refractivity contribution in [3.05, 3.63) is 46.1 Å². The molecule has 1 atom stereocenters. The van der Waals surface area contributed by atoms with Crippen LogP contribution in [0.5, 0.6) is 0 Å². The fourth-order valence-corrected chi connectivity index (χ4v) is 3.82. The summed E-state index contributed by atoms with van der Waals surface area (Å²) in [5.41, 5.74) is 5.03. The zero-order chi connectivity index (χ0) is 17.0. The number of fused-ring (bicyclic) bond motifs is 2. The number of anilines is 1. The quantitative estimate of drug-likeness (QED) is 0.780. The fraction of sp³-hybridized carbons (Fsp3) is 0.368. The Morgan fingerprint density at radius 2 is 2.16 bits per heavy atom. The van der Waals surface area contributed by atoms with Crippen LogP contribution in [0.25, 0.3) is 22.2 Å². The molecule has 3 aromatic rings. The molecule has 0 unspecified atom stereocenters. The van der Waals surface area contributed by atoms with Gasteiger partial charge in [-0.1, -0.05) is 6.07 Å². The van der Waals surface area contributed by atoms with Gasteiger partial charge in [0, 0.05) is 29.4 Å². The zero-order valence-corrected chi connectivity index (χ0v) is 14.1. The minimum Gasteiger partial charge on any atom is -0.338 e. The number of hydrogen-bond acceptors (Lipinski definition) is 5. The minimum atomic E-state index is -0.112. The maximum Gasteiger partial charge on any atom is 0.258 e. The van der Waals surface area contributed by atoms with Crippen molar-refractivity contribution in [2.45, 2.75) is 38.6 Å². The van der Waals surface area contributed by atoms with Crippen LogP contribution < -0.4 is 10.5 Å². The standard InChI is InChI=1S/C19H19N5O/c1-11-7-8-24(11)19-22-15-4-2-3-13(15)17(23-19)12-5-6-14-16(9-12)20-10-21-18(14)25/h5-6,9-11H,2-4,7-8H2,1H3,(H,20,21,25)/t11-/m0/s1. The fourth-order valence-electron chi connectivity index (χ4n) is 3.82. The minimum absolute atomic E-state index is 0.112. The average Bonchev–Trinajstić information content (AvgIpc) is 3.08. The molecule has 1 fully saturated rings. The van der Waals surface area contributed by atoms with E-state index in [2.05, 4.69) is 21.8 Å². The molecule has 6 heteroatoms. The van der Waals surface area contributed by atoms with E-state index in [0.717, 1.165) is 43.0 Å². The van der Waals surface area contributed by atoms with Crippen molar-refractivity contribution in [1.29, 1.82) is 0 Å². The summed E-state index contributed by atoms with van der Waals surface area (Å²) in [4.78, 5) is 30.9. The number of aromatic nitrogens is 4. The molecule has 1 aliphatic carbocycles. The molecule has 0 saturated carbocycles. The molecule has 0 spiro atoms. The Labute approximate surface area is 145 Å². The largest absolute Gasteiger partial charge is 0.338 e. The SMILES string of the molecule is C[C@H]1CCN1c1nc2c(c(-c3ccc4c(=O)[nH]cnc4c3)n1)CCC2. The lowest BCUT2D eigenvalue weighted by molar-refractivity contribution is 0.470. The number of H-pyrrole nitrogens is 1. The van der Waals surface area contributed by atoms with Crippen LogP contribution in [0.1, 0.15) is 31.0 Å². The Morgan fingerprint density at radius 1 is 1.24 bits per heavy atom. The summed E-state index contributed by atoms with van der Waals surface area (Å²) in [6.07, 6.45) is 5.80. The van der Waals surface area contributed by atoms with E-state index in [0.29, 0.717) is 16.9 Å². The van der Waals surface area contributed by atoms with Crippen LogP contribution in [0.15, 0.2) is 29.3 Å². The normalized spacial score (nSPS) is 19.1. The van der Waals surface area contributed by atoms with Crippen LogP contribution >= 0.6 is 0 Å². The topological polar surface area (TPSA) is 74.8 Å². The molecular formula is C19H19N5O. The Kier molecular flexibility index (Phi) is 3.13. The van der Waals surface area contributed by atoms with E-state index in [9.17, 15) is 4.79 Å². The summed E-state index contributed by atoms with van der Waals surface area (Å²) in [6, 6.07) is 6.29. The summed E-state index contributed by atoms with van der Waals surface area (Å²) >= 11 is 0. The van der Waals surface area contributed by atoms with Crippen LogP contribution in [-0.2, 0) is 12.8 Å². The van der Waals surface area contributed by atoms with Gasteiger partial charge in [-0.05, 0) is 44.7 Å². The average molecular weight is 333 g/mol. The lowest BCUT2D eigenvalue weighted by atomic mass is 10.0. The van der Waals surface area contributed by atoms with Gasteiger partial charge in [-0.3, -0.25) is 4.79 Å². The van der Waals surface area contributed by atoms with Crippen molar-refractivity contribution in [1.82, 2.24) is 19.9 Å². The lowest BCUT2D eigenvalue weighted by Gasteiger charge is -2.39. The Balaban J connectivity index is 1.69. The third-order valence-electron chi connectivity index (χ3n) is 5.41. The number of aromatic amines is 1. The van der Waals surface area contributed by atoms with E-state index in [1.165, 1.54) is 24.0 Å². The molecule has 0 amide bonds. The molecule has 1 saturated heterocycles. The monoisotopic (exact) mass is 333 g/mol. The van der Waals surface area contributed by atoms with Crippen molar-refractivity contribution in [3.8, 4) is 11.3 Å². The third-order valence-corrected chi connectivity index (χ3v) is 5.41. The molecule has 0 radical (unpaired) electrons. The van der Waals surface area contributed by atoms with Gasteiger partial charge in [-0.15, -0.1) is 0 Å². The Bertz CT molecular complexity index is 1040. The van der Waals surface area contributed by atoms with Crippen LogP contribution in [0.2, 0.25) is 0 Å². The zero-order valence-electron chi connectivity index (χ0n) is 14.1. The van der Waals surface area contributed by atoms with Crippen molar-refractivity contribution >= 4 is 16.9 Å². The molecule has 126 valence electrons. The maximum absolute atomic E-state index is 11.9. The van der Waals surface area contributed by atoms with Gasteiger partial charge in [0.15, 0.2) is 0 Å². The van der Waals surface area contributed by atoms with Gasteiger partial charge < -0.3 is 9.88 Å². The number of rotatable bonds is 2. The van der Waals surface area contributed by atoms with E-state index in [4.69, 9.17) is 9.97 Å². The highest BCUT2D eigenvalue weighted by atomic mass is 16.1. The lowest BCUT2D eigenvalue weighted by Crippen LogP contribution is -2.46. The van der Waals surface area contributed by atoms with Crippen LogP contribution in [0.3, 0.4) is 0 Å². The molecule has 25 heavy (non-hydrogen) atoms. The summed E-state index contributed by atoms with van der Waals surface area (Å²) in [7, 11) is 0. The molecule has 1 aliphatic heterocycles. The molecule has 2 aromatic heterocycles. The number of aryl methyl sites for hydroxylation is 1. The highest BCUT2D eigenvalue weighted by molar-refractivity contribution is 5.83. The third kappa shape index (κ3) is 2.24. The number of hydrogen-bond donors (Lipinski definition) is 1. The first-order valence-corrected chi connectivity index (χ1v) is 8.85. The van der Waals surface area contributed by atoms with E-state index in [1.54, 1.807) is 0 Å². The number of nitrogens with one attached hydrogen (secondary N) is 1. The molecular weight excluding hydrogens is 314 g/mol. The first-order chi connectivity index (χ1) is 12.2. The molecule has 3 heterocycles. The van der Waals surface area contributed by atoms with Gasteiger partial charge in [0.25, 0.3) is 5.56 Å². The van der Waals surface area contributed by atoms with Gasteiger partial charge in [-0.2, -0.15) is 0 Å². The van der Waals surface area contributed by atoms with Crippen molar-refractivity contribution in [3.63, 3.8) is 0 Å². The van der Waals surface area contributed by atoms with Gasteiger partial charge >= 0.3 is 0 Å². The Hall–Kier alpha value is -2.76. The molecule has 1 aromatic carbocycles. The summed E-state index contributed by atoms with van der Waals surface area (Å²) in [6.45, 7) is 3.24. The van der Waals surface area contributed by atoms with Gasteiger partial charge in [0.1, 0.15) is 0 Å². The van der Waals surface area contributed by atoms with Gasteiger partial charge in [0.05, 0.1) is 22.9 Å². The van der Waals surface area contributed by atoms with E-state index in [-0.39, 0.29) is 5.56 Å². The first kappa shape index (κ1) is 14.6. The second-order valence-electron chi connectivity index (χ2n) is 6.95.